The van der Waals surface area contributed by atoms with Gasteiger partial charge in [0.15, 0.2) is 0 Å². The van der Waals surface area contributed by atoms with Gasteiger partial charge in [-0.05, 0) is 54.3 Å². The summed E-state index contributed by atoms with van der Waals surface area (Å²) in [5.74, 6) is -0.464. The summed E-state index contributed by atoms with van der Waals surface area (Å²) in [6.07, 6.45) is -8.35. The van der Waals surface area contributed by atoms with E-state index in [9.17, 15) is 35.9 Å². The van der Waals surface area contributed by atoms with E-state index in [1.807, 2.05) is 13.8 Å². The summed E-state index contributed by atoms with van der Waals surface area (Å²) in [5, 5.41) is 0. The van der Waals surface area contributed by atoms with E-state index < -0.39 is 29.4 Å². The zero-order valence-corrected chi connectivity index (χ0v) is 21.1. The van der Waals surface area contributed by atoms with Crippen molar-refractivity contribution in [3.8, 4) is 0 Å². The molecule has 0 spiro atoms. The van der Waals surface area contributed by atoms with Crippen molar-refractivity contribution in [2.24, 2.45) is 5.92 Å². The number of nitrogens with zero attached hydrogens (tertiary/aromatic N) is 2. The molecule has 3 rings (SSSR count). The van der Waals surface area contributed by atoms with Crippen molar-refractivity contribution in [2.45, 2.75) is 51.7 Å². The van der Waals surface area contributed by atoms with Crippen molar-refractivity contribution in [1.29, 1.82) is 0 Å². The Morgan fingerprint density at radius 2 is 1.58 bits per heavy atom. The molecule has 0 unspecified atom stereocenters. The predicted molar refractivity (Wildman–Crippen MR) is 128 cm³/mol. The molecule has 0 bridgehead atoms. The Labute approximate surface area is 217 Å². The fraction of sp³-hybridized carbons (Fsp3) is 0.481. The van der Waals surface area contributed by atoms with Gasteiger partial charge in [-0.25, -0.2) is 0 Å². The summed E-state index contributed by atoms with van der Waals surface area (Å²) in [6.45, 7) is 4.51. The first-order valence-electron chi connectivity index (χ1n) is 12.3. The van der Waals surface area contributed by atoms with Crippen molar-refractivity contribution >= 4 is 11.8 Å². The second-order valence-corrected chi connectivity index (χ2v) is 9.70. The number of carbonyl (C=O) groups is 2. The molecule has 2 aromatic rings. The van der Waals surface area contributed by atoms with Gasteiger partial charge in [-0.2, -0.15) is 26.3 Å². The van der Waals surface area contributed by atoms with Crippen molar-refractivity contribution < 1.29 is 40.7 Å². The van der Waals surface area contributed by atoms with Gasteiger partial charge in [-0.15, -0.1) is 0 Å². The number of rotatable bonds is 8. The molecule has 1 aliphatic rings. The lowest BCUT2D eigenvalue weighted by atomic mass is 10.0. The van der Waals surface area contributed by atoms with Gasteiger partial charge >= 0.3 is 12.4 Å². The first-order valence-corrected chi connectivity index (χ1v) is 12.3. The van der Waals surface area contributed by atoms with Gasteiger partial charge in [0.05, 0.1) is 30.4 Å². The van der Waals surface area contributed by atoms with Crippen LogP contribution >= 0.6 is 0 Å². The number of hydrogen-bond acceptors (Lipinski definition) is 3. The average Bonchev–Trinajstić information content (AvgIpc) is 3.03. The largest absolute Gasteiger partial charge is 0.416 e. The third-order valence-corrected chi connectivity index (χ3v) is 6.29. The maximum atomic E-state index is 13.0. The molecule has 5 nitrogen and oxygen atoms in total. The normalized spacial score (nSPS) is 16.1. The van der Waals surface area contributed by atoms with E-state index in [2.05, 4.69) is 0 Å². The molecule has 1 fully saturated rings. The third kappa shape index (κ3) is 7.96. The zero-order chi connectivity index (χ0) is 28.1. The number of ether oxygens (including phenoxy) is 1. The minimum Gasteiger partial charge on any atom is -0.375 e. The quantitative estimate of drug-likeness (QED) is 0.382. The Hall–Kier alpha value is -3.08. The van der Waals surface area contributed by atoms with E-state index in [-0.39, 0.29) is 62.7 Å². The van der Waals surface area contributed by atoms with Crippen LogP contribution in [-0.2, 0) is 28.5 Å². The van der Waals surface area contributed by atoms with E-state index in [0.717, 1.165) is 36.4 Å². The van der Waals surface area contributed by atoms with Crippen molar-refractivity contribution in [3.05, 3.63) is 70.8 Å². The Kier molecular flexibility index (Phi) is 9.45. The molecule has 1 saturated heterocycles. The molecule has 0 radical (unpaired) electrons. The maximum Gasteiger partial charge on any atom is 0.416 e. The molecule has 0 aromatic heterocycles. The highest BCUT2D eigenvalue weighted by Crippen LogP contribution is 2.30. The van der Waals surface area contributed by atoms with Crippen LogP contribution in [0.15, 0.2) is 48.5 Å². The lowest BCUT2D eigenvalue weighted by Gasteiger charge is -2.32. The molecule has 1 atom stereocenters. The van der Waals surface area contributed by atoms with E-state index in [1.54, 1.807) is 4.90 Å². The lowest BCUT2D eigenvalue weighted by Crippen LogP contribution is -2.45. The SMILES string of the molecule is CC(C)C[C@@H](COCc1cccc(C(F)(F)F)c1)N1CCN(C(=O)c2ccc(C(F)(F)F)cc2)CCC1=O. The molecule has 1 heterocycles. The Balaban J connectivity index is 1.65. The van der Waals surface area contributed by atoms with Gasteiger partial charge in [0, 0.05) is 31.6 Å². The molecular weight excluding hydrogens is 514 g/mol. The third-order valence-electron chi connectivity index (χ3n) is 6.29. The van der Waals surface area contributed by atoms with E-state index in [4.69, 9.17) is 4.74 Å². The van der Waals surface area contributed by atoms with E-state index in [0.29, 0.717) is 12.0 Å². The molecule has 2 aromatic carbocycles. The fourth-order valence-electron chi connectivity index (χ4n) is 4.39. The standard InChI is InChI=1S/C27H30F6N2O3/c1-18(2)14-23(17-38-16-19-4-3-5-22(15-19)27(31,32)33)35-13-12-34(11-10-24(35)36)25(37)20-6-8-21(9-7-20)26(28,29)30/h3-9,15,18,23H,10-14,16-17H2,1-2H3/t23-/m0/s1. The minimum atomic E-state index is -4.51. The smallest absolute Gasteiger partial charge is 0.375 e. The van der Waals surface area contributed by atoms with Crippen LogP contribution < -0.4 is 0 Å². The second-order valence-electron chi connectivity index (χ2n) is 9.70. The molecule has 2 amide bonds. The topological polar surface area (TPSA) is 49.9 Å². The van der Waals surface area contributed by atoms with Crippen LogP contribution in [0.25, 0.3) is 0 Å². The van der Waals surface area contributed by atoms with Gasteiger partial charge in [0.25, 0.3) is 5.91 Å². The molecular formula is C27H30F6N2O3. The van der Waals surface area contributed by atoms with Crippen molar-refractivity contribution in [1.82, 2.24) is 9.80 Å². The van der Waals surface area contributed by atoms with Gasteiger partial charge < -0.3 is 14.5 Å². The monoisotopic (exact) mass is 544 g/mol. The van der Waals surface area contributed by atoms with Gasteiger partial charge in [-0.3, -0.25) is 9.59 Å². The van der Waals surface area contributed by atoms with Crippen LogP contribution in [0.2, 0.25) is 0 Å². The zero-order valence-electron chi connectivity index (χ0n) is 21.1. The number of carbonyl (C=O) groups excluding carboxylic acids is 2. The van der Waals surface area contributed by atoms with Crippen LogP contribution in [0.5, 0.6) is 0 Å². The second kappa shape index (κ2) is 12.2. The number of benzene rings is 2. The van der Waals surface area contributed by atoms with Gasteiger partial charge in [-0.1, -0.05) is 26.0 Å². The summed E-state index contributed by atoms with van der Waals surface area (Å²) in [4.78, 5) is 29.0. The van der Waals surface area contributed by atoms with Crippen LogP contribution in [0.3, 0.4) is 0 Å². The highest BCUT2D eigenvalue weighted by Gasteiger charge is 2.33. The Morgan fingerprint density at radius 1 is 0.921 bits per heavy atom. The van der Waals surface area contributed by atoms with Crippen molar-refractivity contribution in [2.75, 3.05) is 26.2 Å². The molecule has 1 aliphatic heterocycles. The minimum absolute atomic E-state index is 0.0363. The highest BCUT2D eigenvalue weighted by atomic mass is 19.4. The Morgan fingerprint density at radius 3 is 2.18 bits per heavy atom. The van der Waals surface area contributed by atoms with E-state index in [1.165, 1.54) is 17.0 Å². The highest BCUT2D eigenvalue weighted by molar-refractivity contribution is 5.94. The summed E-state index contributed by atoms with van der Waals surface area (Å²) < 4.78 is 83.2. The molecule has 0 N–H and O–H groups in total. The summed E-state index contributed by atoms with van der Waals surface area (Å²) in [7, 11) is 0. The first-order chi connectivity index (χ1) is 17.8. The van der Waals surface area contributed by atoms with Crippen LogP contribution in [-0.4, -0.2) is 53.9 Å². The maximum absolute atomic E-state index is 13.0. The Bertz CT molecular complexity index is 1100. The fourth-order valence-corrected chi connectivity index (χ4v) is 4.39. The predicted octanol–water partition coefficient (Wildman–Crippen LogP) is 6.03. The number of halogens is 6. The molecule has 0 saturated carbocycles. The molecule has 208 valence electrons. The number of alkyl halides is 6. The first kappa shape index (κ1) is 29.5. The van der Waals surface area contributed by atoms with E-state index >= 15 is 0 Å². The lowest BCUT2D eigenvalue weighted by molar-refractivity contribution is -0.138. The number of amides is 2. The van der Waals surface area contributed by atoms with Crippen LogP contribution in [0.4, 0.5) is 26.3 Å². The molecule has 11 heteroatoms. The summed E-state index contributed by atoms with van der Waals surface area (Å²) >= 11 is 0. The molecule has 0 aliphatic carbocycles. The van der Waals surface area contributed by atoms with Gasteiger partial charge in [0.1, 0.15) is 0 Å². The molecule has 38 heavy (non-hydrogen) atoms. The van der Waals surface area contributed by atoms with Gasteiger partial charge in [0.2, 0.25) is 5.91 Å². The average molecular weight is 545 g/mol. The summed E-state index contributed by atoms with van der Waals surface area (Å²) in [6, 6.07) is 8.46. The summed E-state index contributed by atoms with van der Waals surface area (Å²) in [5.41, 5.74) is -1.16. The van der Waals surface area contributed by atoms with Crippen molar-refractivity contribution in [3.63, 3.8) is 0 Å². The van der Waals surface area contributed by atoms with Crippen LogP contribution in [0.1, 0.15) is 53.7 Å². The van der Waals surface area contributed by atoms with Crippen LogP contribution in [0, 0.1) is 5.92 Å². The number of hydrogen-bond donors (Lipinski definition) is 0.